The van der Waals surface area contributed by atoms with Crippen LogP contribution in [0.25, 0.3) is 0 Å². The first kappa shape index (κ1) is 12.2. The monoisotopic (exact) mass is 262 g/mol. The summed E-state index contributed by atoms with van der Waals surface area (Å²) in [6.07, 6.45) is 2.82. The molecule has 18 heavy (non-hydrogen) atoms. The van der Waals surface area contributed by atoms with Gasteiger partial charge in [0.15, 0.2) is 0 Å². The van der Waals surface area contributed by atoms with Crippen LogP contribution in [0, 0.1) is 16.7 Å². The second-order valence-electron chi connectivity index (χ2n) is 6.33. The summed E-state index contributed by atoms with van der Waals surface area (Å²) in [5.41, 5.74) is 0.774. The van der Waals surface area contributed by atoms with Gasteiger partial charge in [0, 0.05) is 6.42 Å². The lowest BCUT2D eigenvalue weighted by atomic mass is 9.65. The molecule has 0 radical (unpaired) electrons. The Balaban J connectivity index is 2.07. The van der Waals surface area contributed by atoms with Crippen molar-refractivity contribution >= 4 is 17.4 Å². The van der Waals surface area contributed by atoms with Crippen molar-refractivity contribution in [3.63, 3.8) is 0 Å². The third kappa shape index (κ3) is 1.31. The van der Waals surface area contributed by atoms with Gasteiger partial charge in [0.1, 0.15) is 5.78 Å². The summed E-state index contributed by atoms with van der Waals surface area (Å²) >= 11 is 6.75. The van der Waals surface area contributed by atoms with Gasteiger partial charge < -0.3 is 0 Å². The summed E-state index contributed by atoms with van der Waals surface area (Å²) in [5.74, 6) is 0.905. The van der Waals surface area contributed by atoms with Crippen molar-refractivity contribution < 1.29 is 4.79 Å². The van der Waals surface area contributed by atoms with E-state index in [4.69, 9.17) is 11.6 Å². The van der Waals surface area contributed by atoms with E-state index in [9.17, 15) is 4.79 Å². The first-order valence-corrected chi connectivity index (χ1v) is 7.16. The fourth-order valence-electron chi connectivity index (χ4n) is 4.21. The van der Waals surface area contributed by atoms with E-state index in [-0.39, 0.29) is 16.2 Å². The summed E-state index contributed by atoms with van der Waals surface area (Å²) in [6.45, 7) is 4.46. The van der Waals surface area contributed by atoms with Gasteiger partial charge in [-0.3, -0.25) is 4.79 Å². The minimum Gasteiger partial charge on any atom is -0.299 e. The number of Topliss-reactive ketones (excluding diaryl/α,β-unsaturated/α-hetero) is 1. The van der Waals surface area contributed by atoms with Crippen LogP contribution in [-0.2, 0) is 4.79 Å². The topological polar surface area (TPSA) is 17.1 Å². The minimum atomic E-state index is -0.347. The van der Waals surface area contributed by atoms with Gasteiger partial charge in [-0.05, 0) is 29.7 Å². The fraction of sp³-hybridized carbons (Fsp3) is 0.562. The Kier molecular flexibility index (Phi) is 2.60. The highest BCUT2D eigenvalue weighted by Gasteiger charge is 2.67. The quantitative estimate of drug-likeness (QED) is 0.724. The second-order valence-corrected chi connectivity index (χ2v) is 6.77. The first-order chi connectivity index (χ1) is 8.50. The van der Waals surface area contributed by atoms with Gasteiger partial charge >= 0.3 is 0 Å². The van der Waals surface area contributed by atoms with Crippen molar-refractivity contribution in [2.45, 2.75) is 38.5 Å². The Morgan fingerprint density at radius 2 is 1.94 bits per heavy atom. The molecule has 2 bridgehead atoms. The number of carbonyl (C=O) groups excluding carboxylic acids is 1. The van der Waals surface area contributed by atoms with Crippen LogP contribution in [0.1, 0.15) is 44.1 Å². The predicted octanol–water partition coefficient (Wildman–Crippen LogP) is 4.36. The molecule has 1 nitrogen and oxygen atoms in total. The molecule has 0 heterocycles. The van der Waals surface area contributed by atoms with Gasteiger partial charge in [0.25, 0.3) is 0 Å². The molecule has 2 fully saturated rings. The molecule has 2 aliphatic rings. The van der Waals surface area contributed by atoms with Crippen LogP contribution in [-0.4, -0.2) is 5.78 Å². The van der Waals surface area contributed by atoms with E-state index in [1.54, 1.807) is 0 Å². The van der Waals surface area contributed by atoms with Crippen molar-refractivity contribution in [2.75, 3.05) is 0 Å². The van der Waals surface area contributed by atoms with E-state index in [2.05, 4.69) is 13.8 Å². The molecule has 0 aliphatic heterocycles. The van der Waals surface area contributed by atoms with E-state index in [1.165, 1.54) is 0 Å². The zero-order chi connectivity index (χ0) is 13.0. The van der Waals surface area contributed by atoms with Crippen LogP contribution in [0.3, 0.4) is 0 Å². The molecular weight excluding hydrogens is 244 g/mol. The Labute approximate surface area is 114 Å². The zero-order valence-corrected chi connectivity index (χ0v) is 11.7. The van der Waals surface area contributed by atoms with Crippen LogP contribution in [0.4, 0.5) is 0 Å². The molecule has 0 saturated heterocycles. The maximum Gasteiger partial charge on any atom is 0.141 e. The third-order valence-electron chi connectivity index (χ3n) is 5.51. The molecular formula is C16H19ClO. The van der Waals surface area contributed by atoms with Crippen molar-refractivity contribution in [3.8, 4) is 0 Å². The van der Waals surface area contributed by atoms with Crippen LogP contribution in [0.2, 0.25) is 0 Å². The number of hydrogen-bond acceptors (Lipinski definition) is 1. The highest BCUT2D eigenvalue weighted by atomic mass is 35.5. The molecule has 2 saturated carbocycles. The SMILES string of the molecule is CC1(C)C2CCC1(C(Cl)c1ccccc1)C(=O)C2. The number of fused-ring (bicyclic) bond motifs is 2. The summed E-state index contributed by atoms with van der Waals surface area (Å²) < 4.78 is 0. The molecule has 0 aromatic heterocycles. The third-order valence-corrected chi connectivity index (χ3v) is 6.14. The van der Waals surface area contributed by atoms with Crippen molar-refractivity contribution in [2.24, 2.45) is 16.7 Å². The Morgan fingerprint density at radius 3 is 2.44 bits per heavy atom. The van der Waals surface area contributed by atoms with E-state index in [0.717, 1.165) is 24.8 Å². The lowest BCUT2D eigenvalue weighted by molar-refractivity contribution is -0.129. The van der Waals surface area contributed by atoms with Crippen molar-refractivity contribution in [3.05, 3.63) is 35.9 Å². The van der Waals surface area contributed by atoms with Crippen LogP contribution >= 0.6 is 11.6 Å². The summed E-state index contributed by atoms with van der Waals surface area (Å²) in [5, 5.41) is -0.186. The standard InChI is InChI=1S/C16H19ClO/c1-15(2)12-8-9-16(15,13(18)10-12)14(17)11-6-4-3-5-7-11/h3-7,12,14H,8-10H2,1-2H3. The molecule has 96 valence electrons. The molecule has 0 amide bonds. The number of rotatable bonds is 2. The van der Waals surface area contributed by atoms with Crippen molar-refractivity contribution in [1.29, 1.82) is 0 Å². The van der Waals surface area contributed by atoms with E-state index >= 15 is 0 Å². The van der Waals surface area contributed by atoms with Crippen molar-refractivity contribution in [1.82, 2.24) is 0 Å². The van der Waals surface area contributed by atoms with Crippen LogP contribution in [0.5, 0.6) is 0 Å². The van der Waals surface area contributed by atoms with E-state index < -0.39 is 0 Å². The van der Waals surface area contributed by atoms with Crippen LogP contribution in [0.15, 0.2) is 30.3 Å². The van der Waals surface area contributed by atoms with Gasteiger partial charge in [0.05, 0.1) is 10.8 Å². The van der Waals surface area contributed by atoms with E-state index in [1.807, 2.05) is 30.3 Å². The number of alkyl halides is 1. The second kappa shape index (κ2) is 3.84. The zero-order valence-electron chi connectivity index (χ0n) is 10.9. The van der Waals surface area contributed by atoms with Gasteiger partial charge in [0.2, 0.25) is 0 Å². The summed E-state index contributed by atoms with van der Waals surface area (Å²) in [6, 6.07) is 10.1. The Bertz CT molecular complexity index is 479. The molecule has 2 aliphatic carbocycles. The van der Waals surface area contributed by atoms with Gasteiger partial charge in [-0.1, -0.05) is 44.2 Å². The summed E-state index contributed by atoms with van der Waals surface area (Å²) in [7, 11) is 0. The minimum absolute atomic E-state index is 0.0341. The van der Waals surface area contributed by atoms with Gasteiger partial charge in [-0.2, -0.15) is 0 Å². The average Bonchev–Trinajstić information content (AvgIpc) is 2.73. The van der Waals surface area contributed by atoms with E-state index in [0.29, 0.717) is 11.7 Å². The lowest BCUT2D eigenvalue weighted by Crippen LogP contribution is -2.39. The number of carbonyl (C=O) groups is 1. The molecule has 2 heteroatoms. The smallest absolute Gasteiger partial charge is 0.141 e. The molecule has 1 aromatic carbocycles. The fourth-order valence-corrected chi connectivity index (χ4v) is 4.87. The normalized spacial score (nSPS) is 34.8. The largest absolute Gasteiger partial charge is 0.299 e. The number of benzene rings is 1. The molecule has 0 N–H and O–H groups in total. The molecule has 3 atom stereocenters. The number of hydrogen-bond donors (Lipinski definition) is 0. The number of ketones is 1. The van der Waals surface area contributed by atoms with Gasteiger partial charge in [-0.25, -0.2) is 0 Å². The highest BCUT2D eigenvalue weighted by Crippen LogP contribution is 2.69. The Morgan fingerprint density at radius 1 is 1.28 bits per heavy atom. The molecule has 0 spiro atoms. The van der Waals surface area contributed by atoms with Crippen LogP contribution < -0.4 is 0 Å². The maximum atomic E-state index is 12.5. The highest BCUT2D eigenvalue weighted by molar-refractivity contribution is 6.23. The summed E-state index contributed by atoms with van der Waals surface area (Å²) in [4.78, 5) is 12.5. The lowest BCUT2D eigenvalue weighted by Gasteiger charge is -2.40. The Hall–Kier alpha value is -0.820. The predicted molar refractivity (Wildman–Crippen MR) is 73.6 cm³/mol. The number of halogens is 1. The van der Waals surface area contributed by atoms with Gasteiger partial charge in [-0.15, -0.1) is 11.6 Å². The first-order valence-electron chi connectivity index (χ1n) is 6.72. The maximum absolute atomic E-state index is 12.5. The average molecular weight is 263 g/mol. The molecule has 3 rings (SSSR count). The molecule has 3 unspecified atom stereocenters. The molecule has 1 aromatic rings.